The van der Waals surface area contributed by atoms with Gasteiger partial charge in [0.1, 0.15) is 6.07 Å². The first-order valence-electron chi connectivity index (χ1n) is 6.11. The minimum atomic E-state index is 0.429. The zero-order valence-corrected chi connectivity index (χ0v) is 9.98. The Labute approximate surface area is 106 Å². The number of pyridine rings is 1. The van der Waals surface area contributed by atoms with Crippen LogP contribution < -0.4 is 5.32 Å². The van der Waals surface area contributed by atoms with E-state index in [0.717, 1.165) is 17.8 Å². The second-order valence-electron chi connectivity index (χ2n) is 4.47. The van der Waals surface area contributed by atoms with Crippen molar-refractivity contribution in [2.45, 2.75) is 19.3 Å². The molecule has 0 amide bonds. The molecule has 1 aromatic carbocycles. The Bertz CT molecular complexity index is 626. The van der Waals surface area contributed by atoms with E-state index in [4.69, 9.17) is 5.26 Å². The largest absolute Gasteiger partial charge is 0.353 e. The number of nitrogens with zero attached hydrogens (tertiary/aromatic N) is 2. The molecule has 2 aromatic rings. The Balaban J connectivity index is 1.91. The van der Waals surface area contributed by atoms with Gasteiger partial charge in [0.2, 0.25) is 0 Å². The molecule has 0 saturated carbocycles. The summed E-state index contributed by atoms with van der Waals surface area (Å²) in [5.74, 6) is 0. The molecule has 0 spiro atoms. The zero-order chi connectivity index (χ0) is 12.4. The van der Waals surface area contributed by atoms with Crippen LogP contribution in [0.1, 0.15) is 23.2 Å². The van der Waals surface area contributed by atoms with Gasteiger partial charge in [-0.3, -0.25) is 0 Å². The van der Waals surface area contributed by atoms with Crippen molar-refractivity contribution in [1.29, 1.82) is 5.26 Å². The molecule has 88 valence electrons. The minimum Gasteiger partial charge on any atom is -0.353 e. The zero-order valence-electron chi connectivity index (χ0n) is 9.98. The molecule has 1 heterocycles. The van der Waals surface area contributed by atoms with Gasteiger partial charge in [0.05, 0.1) is 5.69 Å². The molecule has 3 heteroatoms. The van der Waals surface area contributed by atoms with Gasteiger partial charge in [0.25, 0.3) is 0 Å². The minimum absolute atomic E-state index is 0.429. The summed E-state index contributed by atoms with van der Waals surface area (Å²) in [7, 11) is 0. The van der Waals surface area contributed by atoms with Crippen LogP contribution in [0, 0.1) is 11.3 Å². The molecule has 0 radical (unpaired) electrons. The van der Waals surface area contributed by atoms with E-state index in [0.29, 0.717) is 5.69 Å². The number of hydrogen-bond acceptors (Lipinski definition) is 3. The molecule has 3 nitrogen and oxygen atoms in total. The highest BCUT2D eigenvalue weighted by molar-refractivity contribution is 5.65. The fourth-order valence-electron chi connectivity index (χ4n) is 2.40. The van der Waals surface area contributed by atoms with Gasteiger partial charge in [-0.05, 0) is 54.7 Å². The first-order valence-corrected chi connectivity index (χ1v) is 6.11. The Morgan fingerprint density at radius 3 is 2.94 bits per heavy atom. The predicted octanol–water partition coefficient (Wildman–Crippen LogP) is 3.19. The molecule has 0 atom stereocenters. The van der Waals surface area contributed by atoms with Gasteiger partial charge >= 0.3 is 0 Å². The lowest BCUT2D eigenvalue weighted by atomic mass is 10.1. The van der Waals surface area contributed by atoms with Crippen molar-refractivity contribution in [3.05, 3.63) is 53.3 Å². The standard InChI is InChI=1S/C15H13N3/c16-10-15-14(5-2-8-17-15)18-13-7-6-11-3-1-4-12(11)9-13/h2,5-9,18H,1,3-4H2. The highest BCUT2D eigenvalue weighted by atomic mass is 14.9. The summed E-state index contributed by atoms with van der Waals surface area (Å²) in [4.78, 5) is 4.04. The number of fused-ring (bicyclic) bond motifs is 1. The van der Waals surface area contributed by atoms with Crippen molar-refractivity contribution in [3.8, 4) is 6.07 Å². The van der Waals surface area contributed by atoms with E-state index in [1.807, 2.05) is 12.1 Å². The van der Waals surface area contributed by atoms with Crippen LogP contribution in [0.15, 0.2) is 36.5 Å². The lowest BCUT2D eigenvalue weighted by Gasteiger charge is -2.09. The van der Waals surface area contributed by atoms with Crippen LogP contribution in [0.25, 0.3) is 0 Å². The van der Waals surface area contributed by atoms with E-state index in [1.165, 1.54) is 24.0 Å². The maximum absolute atomic E-state index is 9.00. The van der Waals surface area contributed by atoms with E-state index in [-0.39, 0.29) is 0 Å². The van der Waals surface area contributed by atoms with Gasteiger partial charge < -0.3 is 5.32 Å². The Morgan fingerprint density at radius 2 is 2.06 bits per heavy atom. The van der Waals surface area contributed by atoms with Gasteiger partial charge in [0, 0.05) is 11.9 Å². The SMILES string of the molecule is N#Cc1ncccc1Nc1ccc2c(c1)CCC2. The highest BCUT2D eigenvalue weighted by Crippen LogP contribution is 2.27. The summed E-state index contributed by atoms with van der Waals surface area (Å²) < 4.78 is 0. The molecular formula is C15H13N3. The van der Waals surface area contributed by atoms with Gasteiger partial charge in [0.15, 0.2) is 5.69 Å². The topological polar surface area (TPSA) is 48.7 Å². The molecule has 0 unspecified atom stereocenters. The first kappa shape index (κ1) is 10.8. The monoisotopic (exact) mass is 235 g/mol. The van der Waals surface area contributed by atoms with Crippen molar-refractivity contribution in [1.82, 2.24) is 4.98 Å². The van der Waals surface area contributed by atoms with Crippen LogP contribution in [-0.4, -0.2) is 4.98 Å². The third kappa shape index (κ3) is 1.93. The molecule has 1 aromatic heterocycles. The number of aryl methyl sites for hydroxylation is 2. The average Bonchev–Trinajstić information content (AvgIpc) is 2.87. The summed E-state index contributed by atoms with van der Waals surface area (Å²) in [6.45, 7) is 0. The van der Waals surface area contributed by atoms with Crippen molar-refractivity contribution in [3.63, 3.8) is 0 Å². The fourth-order valence-corrected chi connectivity index (χ4v) is 2.40. The van der Waals surface area contributed by atoms with E-state index in [9.17, 15) is 0 Å². The van der Waals surface area contributed by atoms with Crippen LogP contribution >= 0.6 is 0 Å². The molecule has 1 aliphatic rings. The first-order chi connectivity index (χ1) is 8.86. The van der Waals surface area contributed by atoms with Gasteiger partial charge in [-0.25, -0.2) is 4.98 Å². The summed E-state index contributed by atoms with van der Waals surface area (Å²) in [5.41, 5.74) is 5.09. The maximum atomic E-state index is 9.00. The summed E-state index contributed by atoms with van der Waals surface area (Å²) in [6.07, 6.45) is 5.22. The molecule has 0 bridgehead atoms. The van der Waals surface area contributed by atoms with Crippen molar-refractivity contribution >= 4 is 11.4 Å². The van der Waals surface area contributed by atoms with Gasteiger partial charge in [-0.1, -0.05) is 6.07 Å². The summed E-state index contributed by atoms with van der Waals surface area (Å²) >= 11 is 0. The van der Waals surface area contributed by atoms with E-state index < -0.39 is 0 Å². The second-order valence-corrected chi connectivity index (χ2v) is 4.47. The third-order valence-corrected chi connectivity index (χ3v) is 3.29. The summed E-state index contributed by atoms with van der Waals surface area (Å²) in [6, 6.07) is 12.2. The van der Waals surface area contributed by atoms with Crippen molar-refractivity contribution in [2.24, 2.45) is 0 Å². The van der Waals surface area contributed by atoms with Crippen molar-refractivity contribution < 1.29 is 0 Å². The molecule has 0 aliphatic heterocycles. The molecule has 1 aliphatic carbocycles. The number of nitriles is 1. The smallest absolute Gasteiger partial charge is 0.163 e. The third-order valence-electron chi connectivity index (χ3n) is 3.29. The van der Waals surface area contributed by atoms with Crippen LogP contribution in [0.3, 0.4) is 0 Å². The molecular weight excluding hydrogens is 222 g/mol. The average molecular weight is 235 g/mol. The van der Waals surface area contributed by atoms with E-state index in [2.05, 4.69) is 34.6 Å². The van der Waals surface area contributed by atoms with Crippen LogP contribution in [0.4, 0.5) is 11.4 Å². The Hall–Kier alpha value is -2.34. The van der Waals surface area contributed by atoms with Gasteiger partial charge in [-0.15, -0.1) is 0 Å². The number of hydrogen-bond donors (Lipinski definition) is 1. The fraction of sp³-hybridized carbons (Fsp3) is 0.200. The molecule has 0 saturated heterocycles. The molecule has 1 N–H and O–H groups in total. The predicted molar refractivity (Wildman–Crippen MR) is 70.7 cm³/mol. The summed E-state index contributed by atoms with van der Waals surface area (Å²) in [5, 5.41) is 12.3. The van der Waals surface area contributed by atoms with Crippen molar-refractivity contribution in [2.75, 3.05) is 5.32 Å². The number of aromatic nitrogens is 1. The van der Waals surface area contributed by atoms with Crippen LogP contribution in [-0.2, 0) is 12.8 Å². The molecule has 18 heavy (non-hydrogen) atoms. The number of benzene rings is 1. The van der Waals surface area contributed by atoms with Gasteiger partial charge in [-0.2, -0.15) is 5.26 Å². The molecule has 0 fully saturated rings. The highest BCUT2D eigenvalue weighted by Gasteiger charge is 2.11. The van der Waals surface area contributed by atoms with E-state index in [1.54, 1.807) is 6.20 Å². The number of nitrogens with one attached hydrogen (secondary N) is 1. The Morgan fingerprint density at radius 1 is 1.17 bits per heavy atom. The second kappa shape index (κ2) is 4.50. The number of rotatable bonds is 2. The van der Waals surface area contributed by atoms with Crippen LogP contribution in [0.5, 0.6) is 0 Å². The lowest BCUT2D eigenvalue weighted by molar-refractivity contribution is 0.912. The Kier molecular flexibility index (Phi) is 2.70. The molecule has 3 rings (SSSR count). The van der Waals surface area contributed by atoms with Crippen LogP contribution in [0.2, 0.25) is 0 Å². The maximum Gasteiger partial charge on any atom is 0.163 e. The normalized spacial score (nSPS) is 12.8. The van der Waals surface area contributed by atoms with E-state index >= 15 is 0 Å². The lowest BCUT2D eigenvalue weighted by Crippen LogP contribution is -1.96. The number of anilines is 2. The quantitative estimate of drug-likeness (QED) is 0.869.